The average molecular weight is 452 g/mol. The van der Waals surface area contributed by atoms with E-state index >= 15 is 0 Å². The molecule has 166 valence electrons. The van der Waals surface area contributed by atoms with Crippen LogP contribution in [0.3, 0.4) is 0 Å². The second-order valence-corrected chi connectivity index (χ2v) is 7.45. The van der Waals surface area contributed by atoms with E-state index in [1.165, 1.54) is 7.11 Å². The topological polar surface area (TPSA) is 152 Å². The maximum Gasteiger partial charge on any atom is 0.309 e. The van der Waals surface area contributed by atoms with Crippen LogP contribution < -0.4 is 20.1 Å². The number of halogens is 1. The van der Waals surface area contributed by atoms with Gasteiger partial charge in [-0.15, -0.1) is 0 Å². The summed E-state index contributed by atoms with van der Waals surface area (Å²) in [5, 5.41) is 33.0. The van der Waals surface area contributed by atoms with Gasteiger partial charge in [0.15, 0.2) is 11.8 Å². The van der Waals surface area contributed by atoms with E-state index in [4.69, 9.17) is 31.5 Å². The summed E-state index contributed by atoms with van der Waals surface area (Å²) in [6.07, 6.45) is -1.94. The number of aliphatic hydroxyl groups excluding tert-OH is 2. The van der Waals surface area contributed by atoms with Crippen molar-refractivity contribution >= 4 is 28.7 Å². The Kier molecular flexibility index (Phi) is 6.12. The Bertz CT molecular complexity index is 1060. The zero-order valence-electron chi connectivity index (χ0n) is 16.6. The van der Waals surface area contributed by atoms with Gasteiger partial charge in [-0.25, -0.2) is 9.55 Å². The molecular weight excluding hydrogens is 430 g/mol. The van der Waals surface area contributed by atoms with Crippen molar-refractivity contribution in [2.45, 2.75) is 31.1 Å². The summed E-state index contributed by atoms with van der Waals surface area (Å²) in [5.41, 5.74) is 6.12. The van der Waals surface area contributed by atoms with Crippen LogP contribution in [0.1, 0.15) is 6.23 Å². The highest BCUT2D eigenvalue weighted by Gasteiger charge is 2.47. The number of benzene rings is 1. The van der Waals surface area contributed by atoms with Crippen molar-refractivity contribution in [3.63, 3.8) is 0 Å². The molecule has 1 aliphatic rings. The summed E-state index contributed by atoms with van der Waals surface area (Å²) in [6.45, 7) is 0.150. The summed E-state index contributed by atoms with van der Waals surface area (Å²) in [7, 11) is 1.42. The molecule has 1 aliphatic heterocycles. The van der Waals surface area contributed by atoms with Gasteiger partial charge in [-0.1, -0.05) is 16.6 Å². The lowest BCUT2D eigenvalue weighted by Gasteiger charge is -2.16. The van der Waals surface area contributed by atoms with Gasteiger partial charge in [0.1, 0.15) is 37.2 Å². The van der Waals surface area contributed by atoms with Gasteiger partial charge in [-0.05, 0) is 24.3 Å². The third kappa shape index (κ3) is 4.10. The zero-order valence-corrected chi connectivity index (χ0v) is 17.3. The SMILES string of the molecule is CO[C@@H]1[C@H](O)[C@@H](CO)O[C@H]1[n+]1cn(CCOc2ccc(Cl)cc2)c2c([O-])nc(N)nc21. The van der Waals surface area contributed by atoms with Crippen molar-refractivity contribution < 1.29 is 34.1 Å². The number of fused-ring (bicyclic) bond motifs is 1. The molecule has 0 unspecified atom stereocenters. The Hall–Kier alpha value is -2.70. The van der Waals surface area contributed by atoms with Crippen LogP contribution in [0.5, 0.6) is 11.6 Å². The Balaban J connectivity index is 1.66. The van der Waals surface area contributed by atoms with Gasteiger partial charge < -0.3 is 35.3 Å². The molecule has 3 heterocycles. The first-order valence-corrected chi connectivity index (χ1v) is 9.90. The molecule has 0 aliphatic carbocycles. The first kappa shape index (κ1) is 21.5. The Morgan fingerprint density at radius 3 is 2.74 bits per heavy atom. The molecule has 4 atom stereocenters. The van der Waals surface area contributed by atoms with Crippen molar-refractivity contribution in [3.8, 4) is 11.6 Å². The van der Waals surface area contributed by atoms with E-state index < -0.39 is 37.0 Å². The van der Waals surface area contributed by atoms with E-state index in [-0.39, 0.29) is 23.7 Å². The van der Waals surface area contributed by atoms with Crippen LogP contribution in [0.2, 0.25) is 5.02 Å². The number of aromatic nitrogens is 4. The molecule has 12 heteroatoms. The number of imidazole rings is 1. The van der Waals surface area contributed by atoms with Gasteiger partial charge in [-0.2, -0.15) is 0 Å². The minimum Gasteiger partial charge on any atom is -0.856 e. The summed E-state index contributed by atoms with van der Waals surface area (Å²) >= 11 is 5.88. The molecular formula is C19H22ClN5O6. The van der Waals surface area contributed by atoms with E-state index in [1.807, 2.05) is 0 Å². The van der Waals surface area contributed by atoms with Gasteiger partial charge in [0, 0.05) is 18.0 Å². The lowest BCUT2D eigenvalue weighted by atomic mass is 10.1. The van der Waals surface area contributed by atoms with Crippen LogP contribution in [-0.2, 0) is 16.0 Å². The molecule has 2 aromatic heterocycles. The lowest BCUT2D eigenvalue weighted by Crippen LogP contribution is -2.46. The Labute approximate surface area is 182 Å². The summed E-state index contributed by atoms with van der Waals surface area (Å²) < 4.78 is 20.1. The average Bonchev–Trinajstić information content (AvgIpc) is 3.26. The van der Waals surface area contributed by atoms with Gasteiger partial charge in [0.05, 0.1) is 6.61 Å². The molecule has 1 aromatic carbocycles. The predicted octanol–water partition coefficient (Wildman–Crippen LogP) is -0.627. The molecule has 31 heavy (non-hydrogen) atoms. The minimum absolute atomic E-state index is 0.187. The fourth-order valence-electron chi connectivity index (χ4n) is 3.63. The quantitative estimate of drug-likeness (QED) is 0.399. The first-order chi connectivity index (χ1) is 14.9. The highest BCUT2D eigenvalue weighted by atomic mass is 35.5. The zero-order chi connectivity index (χ0) is 22.1. The van der Waals surface area contributed by atoms with Gasteiger partial charge >= 0.3 is 5.65 Å². The second-order valence-electron chi connectivity index (χ2n) is 7.02. The van der Waals surface area contributed by atoms with E-state index in [1.54, 1.807) is 39.7 Å². The van der Waals surface area contributed by atoms with E-state index in [2.05, 4.69) is 9.97 Å². The molecule has 4 N–H and O–H groups in total. The monoisotopic (exact) mass is 451 g/mol. The molecule has 4 rings (SSSR count). The number of methoxy groups -OCH3 is 1. The van der Waals surface area contributed by atoms with Crippen molar-refractivity contribution in [2.24, 2.45) is 0 Å². The van der Waals surface area contributed by atoms with Crippen molar-refractivity contribution in [1.82, 2.24) is 14.5 Å². The Morgan fingerprint density at radius 1 is 1.32 bits per heavy atom. The molecule has 0 saturated carbocycles. The van der Waals surface area contributed by atoms with Crippen LogP contribution in [0.25, 0.3) is 11.2 Å². The normalized spacial score (nSPS) is 23.5. The number of ether oxygens (including phenoxy) is 3. The number of rotatable bonds is 7. The summed E-state index contributed by atoms with van der Waals surface area (Å²) in [6, 6.07) is 6.91. The molecule has 1 fully saturated rings. The van der Waals surface area contributed by atoms with E-state index in [0.29, 0.717) is 17.3 Å². The second kappa shape index (κ2) is 8.81. The standard InChI is InChI=1S/C19H22ClN5O6/c1-29-15-14(27)12(8-26)31-18(15)25-9-24(13-16(25)22-19(21)23-17(13)28)6-7-30-11-4-2-10(20)3-5-11/h2-5,9,12,14-15,18,26-27H,6-8H2,1H3,(H2-,21,22,23,28)/t12-,14-,15-,18-/m1/s1. The van der Waals surface area contributed by atoms with Crippen LogP contribution in [0.4, 0.5) is 5.95 Å². The number of anilines is 1. The third-order valence-corrected chi connectivity index (χ3v) is 5.35. The smallest absolute Gasteiger partial charge is 0.309 e. The van der Waals surface area contributed by atoms with Crippen molar-refractivity contribution in [3.05, 3.63) is 35.6 Å². The highest BCUT2D eigenvalue weighted by Crippen LogP contribution is 2.30. The minimum atomic E-state index is -1.06. The fourth-order valence-corrected chi connectivity index (χ4v) is 3.76. The maximum atomic E-state index is 12.6. The predicted molar refractivity (Wildman–Crippen MR) is 106 cm³/mol. The largest absolute Gasteiger partial charge is 0.856 e. The van der Waals surface area contributed by atoms with Crippen LogP contribution in [0.15, 0.2) is 30.6 Å². The molecule has 0 amide bonds. The van der Waals surface area contributed by atoms with Gasteiger partial charge in [-0.3, -0.25) is 4.57 Å². The number of aliphatic hydroxyl groups is 2. The number of nitrogen functional groups attached to an aromatic ring is 1. The molecule has 0 spiro atoms. The van der Waals surface area contributed by atoms with Gasteiger partial charge in [0.25, 0.3) is 5.95 Å². The highest BCUT2D eigenvalue weighted by molar-refractivity contribution is 6.30. The number of nitrogens with zero attached hydrogens (tertiary/aromatic N) is 4. The van der Waals surface area contributed by atoms with E-state index in [9.17, 15) is 15.3 Å². The molecule has 3 aromatic rings. The number of hydrogen-bond donors (Lipinski definition) is 3. The van der Waals surface area contributed by atoms with Crippen LogP contribution >= 0.6 is 11.6 Å². The number of hydrogen-bond acceptors (Lipinski definition) is 9. The number of nitrogens with two attached hydrogens (primary N) is 1. The first-order valence-electron chi connectivity index (χ1n) is 9.53. The third-order valence-electron chi connectivity index (χ3n) is 5.10. The van der Waals surface area contributed by atoms with E-state index in [0.717, 1.165) is 0 Å². The van der Waals surface area contributed by atoms with Gasteiger partial charge in [0.2, 0.25) is 6.23 Å². The Morgan fingerprint density at radius 2 is 2.06 bits per heavy atom. The fraction of sp³-hybridized carbons (Fsp3) is 0.421. The van der Waals surface area contributed by atoms with Crippen molar-refractivity contribution in [2.75, 3.05) is 26.1 Å². The van der Waals surface area contributed by atoms with Crippen LogP contribution in [0, 0.1) is 0 Å². The summed E-state index contributed by atoms with van der Waals surface area (Å²) in [5.74, 6) is -0.115. The summed E-state index contributed by atoms with van der Waals surface area (Å²) in [4.78, 5) is 7.92. The molecule has 1 saturated heterocycles. The molecule has 11 nitrogen and oxygen atoms in total. The lowest BCUT2D eigenvalue weighted by molar-refractivity contribution is -0.746. The van der Waals surface area contributed by atoms with Crippen LogP contribution in [-0.4, -0.2) is 63.4 Å². The van der Waals surface area contributed by atoms with Crippen molar-refractivity contribution in [1.29, 1.82) is 0 Å². The maximum absolute atomic E-state index is 12.6. The molecule has 0 radical (unpaired) electrons. The molecule has 0 bridgehead atoms.